The molecule has 15 heavy (non-hydrogen) atoms. The van der Waals surface area contributed by atoms with E-state index in [-0.39, 0.29) is 0 Å². The Morgan fingerprint density at radius 2 is 1.67 bits per heavy atom. The molecular weight excluding hydrogens is 188 g/mol. The molecule has 0 radical (unpaired) electrons. The first-order valence-electron chi connectivity index (χ1n) is 5.54. The van der Waals surface area contributed by atoms with Crippen LogP contribution in [0.1, 0.15) is 31.2 Å². The van der Waals surface area contributed by atoms with Crippen LogP contribution in [-0.4, -0.2) is 16.9 Å². The van der Waals surface area contributed by atoms with Crippen molar-refractivity contribution in [2.24, 2.45) is 5.84 Å². The van der Waals surface area contributed by atoms with E-state index in [1.54, 1.807) is 0 Å². The predicted octanol–water partition coefficient (Wildman–Crippen LogP) is 2.35. The van der Waals surface area contributed by atoms with Crippen molar-refractivity contribution in [3.05, 3.63) is 35.9 Å². The van der Waals surface area contributed by atoms with E-state index in [1.165, 1.54) is 18.4 Å². The molecule has 0 saturated heterocycles. The quantitative estimate of drug-likeness (QED) is 0.411. The molecule has 0 unspecified atom stereocenters. The number of nitrogens with two attached hydrogens (primary N) is 1. The van der Waals surface area contributed by atoms with Crippen molar-refractivity contribution >= 4 is 0 Å². The van der Waals surface area contributed by atoms with E-state index in [4.69, 9.17) is 11.0 Å². The van der Waals surface area contributed by atoms with Crippen LogP contribution in [0.4, 0.5) is 0 Å². The summed E-state index contributed by atoms with van der Waals surface area (Å²) in [5.41, 5.74) is 1.40. The van der Waals surface area contributed by atoms with Gasteiger partial charge < -0.3 is 0 Å². The molecule has 0 amide bonds. The molecule has 1 rings (SSSR count). The van der Waals surface area contributed by atoms with E-state index in [1.807, 2.05) is 6.07 Å². The van der Waals surface area contributed by atoms with Crippen molar-refractivity contribution in [2.45, 2.75) is 32.1 Å². The maximum absolute atomic E-state index is 8.70. The minimum atomic E-state index is 0.561. The Hall–Kier alpha value is -0.900. The topological polar surface area (TPSA) is 49.5 Å². The normalized spacial score (nSPS) is 10.9. The zero-order chi connectivity index (χ0) is 10.9. The molecule has 0 fully saturated rings. The van der Waals surface area contributed by atoms with Crippen LogP contribution in [0.3, 0.4) is 0 Å². The van der Waals surface area contributed by atoms with Gasteiger partial charge in [-0.3, -0.25) is 5.21 Å². The number of hydroxylamine groups is 1. The third-order valence-corrected chi connectivity index (χ3v) is 2.45. The fourth-order valence-electron chi connectivity index (χ4n) is 1.60. The number of aryl methyl sites for hydroxylation is 1. The zero-order valence-electron chi connectivity index (χ0n) is 9.10. The van der Waals surface area contributed by atoms with Gasteiger partial charge in [-0.1, -0.05) is 43.2 Å². The highest BCUT2D eigenvalue weighted by atomic mass is 16.5. The Kier molecular flexibility index (Phi) is 6.00. The van der Waals surface area contributed by atoms with Crippen LogP contribution in [0.2, 0.25) is 0 Å². The fraction of sp³-hybridized carbons (Fsp3) is 0.500. The van der Waals surface area contributed by atoms with Crippen molar-refractivity contribution in [1.82, 2.24) is 5.17 Å². The number of nitrogens with zero attached hydrogens (tertiary/aromatic N) is 1. The highest BCUT2D eigenvalue weighted by Crippen LogP contribution is 2.07. The van der Waals surface area contributed by atoms with Gasteiger partial charge in [-0.25, -0.2) is 5.84 Å². The summed E-state index contributed by atoms with van der Waals surface area (Å²) in [6.45, 7) is 0.561. The second kappa shape index (κ2) is 7.40. The Morgan fingerprint density at radius 3 is 2.33 bits per heavy atom. The van der Waals surface area contributed by atoms with E-state index in [2.05, 4.69) is 24.3 Å². The highest BCUT2D eigenvalue weighted by Gasteiger charge is 1.94. The lowest BCUT2D eigenvalue weighted by Crippen LogP contribution is -2.27. The van der Waals surface area contributed by atoms with Crippen LogP contribution >= 0.6 is 0 Å². The SMILES string of the molecule is NN(O)CCCCCCc1ccccc1. The average molecular weight is 208 g/mol. The minimum Gasteiger partial charge on any atom is -0.299 e. The van der Waals surface area contributed by atoms with E-state index in [0.717, 1.165) is 24.4 Å². The van der Waals surface area contributed by atoms with E-state index in [9.17, 15) is 0 Å². The molecule has 0 heterocycles. The lowest BCUT2D eigenvalue weighted by Gasteiger charge is -2.06. The number of unbranched alkanes of at least 4 members (excludes halogenated alkanes) is 3. The third-order valence-electron chi connectivity index (χ3n) is 2.45. The standard InChI is InChI=1S/C12H20N2O/c13-14(15)11-7-2-1-4-8-12-9-5-3-6-10-12/h3,5-6,9-10,15H,1-2,4,7-8,11,13H2. The van der Waals surface area contributed by atoms with Gasteiger partial charge in [-0.05, 0) is 24.8 Å². The molecule has 3 heteroatoms. The smallest absolute Gasteiger partial charge is 0.0396 e. The first-order valence-corrected chi connectivity index (χ1v) is 5.54. The van der Waals surface area contributed by atoms with Crippen molar-refractivity contribution in [3.63, 3.8) is 0 Å². The van der Waals surface area contributed by atoms with Gasteiger partial charge in [0.25, 0.3) is 0 Å². The molecule has 0 aliphatic rings. The van der Waals surface area contributed by atoms with Crippen molar-refractivity contribution in [3.8, 4) is 0 Å². The summed E-state index contributed by atoms with van der Waals surface area (Å²) in [7, 11) is 0. The third kappa shape index (κ3) is 6.23. The Balaban J connectivity index is 1.98. The Morgan fingerprint density at radius 1 is 1.00 bits per heavy atom. The van der Waals surface area contributed by atoms with Gasteiger partial charge in [0.15, 0.2) is 0 Å². The molecule has 3 nitrogen and oxygen atoms in total. The predicted molar refractivity (Wildman–Crippen MR) is 61.3 cm³/mol. The fourth-order valence-corrected chi connectivity index (χ4v) is 1.60. The van der Waals surface area contributed by atoms with Crippen LogP contribution in [-0.2, 0) is 6.42 Å². The van der Waals surface area contributed by atoms with Gasteiger partial charge >= 0.3 is 0 Å². The largest absolute Gasteiger partial charge is 0.299 e. The molecule has 3 N–H and O–H groups in total. The van der Waals surface area contributed by atoms with Crippen LogP contribution in [0.5, 0.6) is 0 Å². The lowest BCUT2D eigenvalue weighted by molar-refractivity contribution is -0.0938. The van der Waals surface area contributed by atoms with Gasteiger partial charge in [0.1, 0.15) is 0 Å². The number of hydrazine groups is 1. The summed E-state index contributed by atoms with van der Waals surface area (Å²) < 4.78 is 0. The molecule has 0 aromatic heterocycles. The molecule has 0 atom stereocenters. The molecule has 0 saturated carbocycles. The van der Waals surface area contributed by atoms with Crippen LogP contribution < -0.4 is 5.84 Å². The van der Waals surface area contributed by atoms with Crippen molar-refractivity contribution < 1.29 is 5.21 Å². The molecule has 0 aliphatic carbocycles. The summed E-state index contributed by atoms with van der Waals surface area (Å²) in [5.74, 6) is 5.09. The molecule has 0 bridgehead atoms. The second-order valence-electron chi connectivity index (χ2n) is 3.81. The Bertz CT molecular complexity index is 249. The van der Waals surface area contributed by atoms with Crippen molar-refractivity contribution in [2.75, 3.05) is 6.54 Å². The van der Waals surface area contributed by atoms with Crippen molar-refractivity contribution in [1.29, 1.82) is 0 Å². The monoisotopic (exact) mass is 208 g/mol. The average Bonchev–Trinajstić information content (AvgIpc) is 2.24. The first kappa shape index (κ1) is 12.2. The first-order chi connectivity index (χ1) is 7.29. The van der Waals surface area contributed by atoms with Gasteiger partial charge in [-0.15, -0.1) is 5.17 Å². The van der Waals surface area contributed by atoms with Gasteiger partial charge in [0.05, 0.1) is 0 Å². The second-order valence-corrected chi connectivity index (χ2v) is 3.81. The van der Waals surface area contributed by atoms with Crippen LogP contribution in [0.25, 0.3) is 0 Å². The Labute approximate surface area is 91.4 Å². The van der Waals surface area contributed by atoms with E-state index >= 15 is 0 Å². The molecule has 0 aliphatic heterocycles. The van der Waals surface area contributed by atoms with Crippen LogP contribution in [0, 0.1) is 0 Å². The van der Waals surface area contributed by atoms with Gasteiger partial charge in [-0.2, -0.15) is 0 Å². The number of hydrogen-bond donors (Lipinski definition) is 2. The molecular formula is C12H20N2O. The van der Waals surface area contributed by atoms with E-state index in [0.29, 0.717) is 6.54 Å². The van der Waals surface area contributed by atoms with Gasteiger partial charge in [0.2, 0.25) is 0 Å². The van der Waals surface area contributed by atoms with E-state index < -0.39 is 0 Å². The summed E-state index contributed by atoms with van der Waals surface area (Å²) >= 11 is 0. The maximum Gasteiger partial charge on any atom is 0.0396 e. The van der Waals surface area contributed by atoms with Crippen LogP contribution in [0.15, 0.2) is 30.3 Å². The summed E-state index contributed by atoms with van der Waals surface area (Å²) in [6, 6.07) is 10.5. The summed E-state index contributed by atoms with van der Waals surface area (Å²) in [4.78, 5) is 0. The molecule has 1 aromatic carbocycles. The summed E-state index contributed by atoms with van der Waals surface area (Å²) in [6.07, 6.45) is 5.64. The highest BCUT2D eigenvalue weighted by molar-refractivity contribution is 5.14. The minimum absolute atomic E-state index is 0.561. The molecule has 1 aromatic rings. The molecule has 0 spiro atoms. The molecule has 84 valence electrons. The number of hydrogen-bond acceptors (Lipinski definition) is 3. The zero-order valence-corrected chi connectivity index (χ0v) is 9.10. The number of rotatable bonds is 7. The maximum atomic E-state index is 8.70. The summed E-state index contributed by atoms with van der Waals surface area (Å²) in [5, 5.41) is 9.46. The number of benzene rings is 1. The lowest BCUT2D eigenvalue weighted by atomic mass is 10.1. The van der Waals surface area contributed by atoms with Gasteiger partial charge in [0, 0.05) is 6.54 Å².